The van der Waals surface area contributed by atoms with Crippen molar-refractivity contribution in [1.82, 2.24) is 5.32 Å². The summed E-state index contributed by atoms with van der Waals surface area (Å²) in [6.07, 6.45) is 1.08. The van der Waals surface area contributed by atoms with Crippen molar-refractivity contribution in [3.8, 4) is 5.75 Å². The standard InChI is InChI=1S/C27H31NO4S2/c1-5-33-12-11-32-27(30)24-17(3)28-21-14-19(18-7-6-8-20(13-18)31-4)15-22(29)25(21)26(24)23-10-9-16(2)34-23/h6-10,13,19,24,26,28H,3,5,11-12,14-15H2,1-2,4H3. The average Bonchev–Trinajstić information content (AvgIpc) is 3.26. The minimum Gasteiger partial charge on any atom is -0.497 e. The molecule has 7 heteroatoms. The van der Waals surface area contributed by atoms with Crippen molar-refractivity contribution in [2.24, 2.45) is 5.92 Å². The van der Waals surface area contributed by atoms with Gasteiger partial charge in [-0.15, -0.1) is 11.3 Å². The highest BCUT2D eigenvalue weighted by Gasteiger charge is 2.46. The van der Waals surface area contributed by atoms with E-state index >= 15 is 0 Å². The first-order chi connectivity index (χ1) is 16.4. The Kier molecular flexibility index (Phi) is 7.84. The van der Waals surface area contributed by atoms with Crippen LogP contribution in [0.5, 0.6) is 5.75 Å². The van der Waals surface area contributed by atoms with Crippen LogP contribution < -0.4 is 10.1 Å². The van der Waals surface area contributed by atoms with Gasteiger partial charge in [0, 0.05) is 44.8 Å². The van der Waals surface area contributed by atoms with Crippen LogP contribution in [0.2, 0.25) is 0 Å². The van der Waals surface area contributed by atoms with Gasteiger partial charge >= 0.3 is 5.97 Å². The van der Waals surface area contributed by atoms with E-state index in [2.05, 4.69) is 18.8 Å². The van der Waals surface area contributed by atoms with Crippen LogP contribution in [0.4, 0.5) is 0 Å². The van der Waals surface area contributed by atoms with Crippen LogP contribution in [0, 0.1) is 12.8 Å². The number of Topliss-reactive ketones (excluding diaryl/α,β-unsaturated/α-hetero) is 1. The third-order valence-electron chi connectivity index (χ3n) is 6.40. The van der Waals surface area contributed by atoms with Gasteiger partial charge in [-0.25, -0.2) is 0 Å². The molecule has 1 N–H and O–H groups in total. The van der Waals surface area contributed by atoms with E-state index in [0.29, 0.717) is 30.7 Å². The van der Waals surface area contributed by atoms with E-state index in [1.54, 1.807) is 30.2 Å². The Hall–Kier alpha value is -2.51. The first-order valence-corrected chi connectivity index (χ1v) is 13.6. The van der Waals surface area contributed by atoms with E-state index in [0.717, 1.165) is 38.3 Å². The van der Waals surface area contributed by atoms with Crippen molar-refractivity contribution >= 4 is 34.9 Å². The summed E-state index contributed by atoms with van der Waals surface area (Å²) >= 11 is 3.36. The first kappa shape index (κ1) is 24.6. The number of esters is 1. The van der Waals surface area contributed by atoms with Crippen LogP contribution in [0.25, 0.3) is 0 Å². The van der Waals surface area contributed by atoms with E-state index in [9.17, 15) is 9.59 Å². The Labute approximate surface area is 209 Å². The lowest BCUT2D eigenvalue weighted by atomic mass is 9.71. The fraction of sp³-hybridized carbons (Fsp3) is 0.407. The first-order valence-electron chi connectivity index (χ1n) is 11.6. The van der Waals surface area contributed by atoms with Crippen LogP contribution in [-0.2, 0) is 14.3 Å². The number of thioether (sulfide) groups is 1. The van der Waals surface area contributed by atoms with Crippen molar-refractivity contribution < 1.29 is 19.1 Å². The molecule has 3 unspecified atom stereocenters. The largest absolute Gasteiger partial charge is 0.497 e. The molecule has 34 heavy (non-hydrogen) atoms. The molecular formula is C27H31NO4S2. The lowest BCUT2D eigenvalue weighted by Crippen LogP contribution is -2.42. The second-order valence-electron chi connectivity index (χ2n) is 8.62. The number of methoxy groups -OCH3 is 1. The van der Waals surface area contributed by atoms with Gasteiger partial charge in [-0.2, -0.15) is 11.8 Å². The smallest absolute Gasteiger partial charge is 0.315 e. The monoisotopic (exact) mass is 497 g/mol. The molecule has 180 valence electrons. The normalized spacial score (nSPS) is 22.3. The number of ketones is 1. The highest BCUT2D eigenvalue weighted by Crippen LogP contribution is 2.48. The summed E-state index contributed by atoms with van der Waals surface area (Å²) in [6, 6.07) is 12.0. The van der Waals surface area contributed by atoms with Gasteiger partial charge in [-0.1, -0.05) is 25.6 Å². The Morgan fingerprint density at radius 3 is 2.79 bits per heavy atom. The van der Waals surface area contributed by atoms with Crippen molar-refractivity contribution in [2.75, 3.05) is 25.2 Å². The maximum absolute atomic E-state index is 13.6. The van der Waals surface area contributed by atoms with Crippen LogP contribution in [0.15, 0.2) is 59.9 Å². The summed E-state index contributed by atoms with van der Waals surface area (Å²) in [4.78, 5) is 29.0. The zero-order valence-corrected chi connectivity index (χ0v) is 21.5. The molecule has 2 aliphatic rings. The summed E-state index contributed by atoms with van der Waals surface area (Å²) in [6.45, 7) is 8.68. The second-order valence-corrected chi connectivity index (χ2v) is 11.3. The molecule has 0 spiro atoms. The Bertz CT molecular complexity index is 1120. The fourth-order valence-electron chi connectivity index (χ4n) is 4.82. The number of hydrogen-bond donors (Lipinski definition) is 1. The van der Waals surface area contributed by atoms with Crippen LogP contribution >= 0.6 is 23.1 Å². The lowest BCUT2D eigenvalue weighted by molar-refractivity contribution is -0.147. The zero-order valence-electron chi connectivity index (χ0n) is 19.9. The molecule has 5 nitrogen and oxygen atoms in total. The average molecular weight is 498 g/mol. The number of carbonyl (C=O) groups is 2. The minimum absolute atomic E-state index is 0.0435. The van der Waals surface area contributed by atoms with Gasteiger partial charge in [0.1, 0.15) is 18.3 Å². The summed E-state index contributed by atoms with van der Waals surface area (Å²) in [5, 5.41) is 3.35. The number of rotatable bonds is 8. The summed E-state index contributed by atoms with van der Waals surface area (Å²) in [7, 11) is 1.65. The zero-order chi connectivity index (χ0) is 24.2. The fourth-order valence-corrected chi connectivity index (χ4v) is 6.34. The molecule has 2 heterocycles. The molecule has 3 atom stereocenters. The van der Waals surface area contributed by atoms with Crippen molar-refractivity contribution in [2.45, 2.75) is 38.5 Å². The number of benzene rings is 1. The molecular weight excluding hydrogens is 466 g/mol. The third-order valence-corrected chi connectivity index (χ3v) is 8.35. The van der Waals surface area contributed by atoms with Gasteiger partial charge < -0.3 is 14.8 Å². The summed E-state index contributed by atoms with van der Waals surface area (Å²) in [5.74, 6) is 1.32. The molecule has 1 aromatic carbocycles. The molecule has 4 rings (SSSR count). The molecule has 0 amide bonds. The Balaban J connectivity index is 1.68. The highest BCUT2D eigenvalue weighted by atomic mass is 32.2. The summed E-state index contributed by atoms with van der Waals surface area (Å²) in [5.41, 5.74) is 3.25. The van der Waals surface area contributed by atoms with Gasteiger partial charge in [0.15, 0.2) is 5.78 Å². The molecule has 1 aliphatic carbocycles. The molecule has 0 fully saturated rings. The second kappa shape index (κ2) is 10.8. The van der Waals surface area contributed by atoms with E-state index in [4.69, 9.17) is 9.47 Å². The third kappa shape index (κ3) is 5.10. The molecule has 0 saturated carbocycles. The van der Waals surface area contributed by atoms with Crippen molar-refractivity contribution in [3.05, 3.63) is 75.3 Å². The predicted molar refractivity (Wildman–Crippen MR) is 139 cm³/mol. The lowest BCUT2D eigenvalue weighted by Gasteiger charge is -2.39. The van der Waals surface area contributed by atoms with Crippen LogP contribution in [0.3, 0.4) is 0 Å². The van der Waals surface area contributed by atoms with Gasteiger partial charge in [-0.3, -0.25) is 9.59 Å². The number of allylic oxidation sites excluding steroid dienone is 2. The SMILES string of the molecule is C=C1NC2=C(C(=O)CC(c3cccc(OC)c3)C2)C(c2ccc(C)s2)C1C(=O)OCCSCC. The van der Waals surface area contributed by atoms with Crippen molar-refractivity contribution in [1.29, 1.82) is 0 Å². The molecule has 1 aliphatic heterocycles. The van der Waals surface area contributed by atoms with Gasteiger partial charge in [-0.05, 0) is 54.8 Å². The number of thiophene rings is 1. The van der Waals surface area contributed by atoms with E-state index in [1.165, 1.54) is 0 Å². The van der Waals surface area contributed by atoms with E-state index in [1.807, 2.05) is 43.3 Å². The molecule has 2 aromatic rings. The number of nitrogens with one attached hydrogen (secondary N) is 1. The Morgan fingerprint density at radius 1 is 1.26 bits per heavy atom. The van der Waals surface area contributed by atoms with Gasteiger partial charge in [0.2, 0.25) is 0 Å². The van der Waals surface area contributed by atoms with E-state index < -0.39 is 5.92 Å². The highest BCUT2D eigenvalue weighted by molar-refractivity contribution is 7.99. The van der Waals surface area contributed by atoms with Gasteiger partial charge in [0.25, 0.3) is 0 Å². The molecule has 1 aromatic heterocycles. The predicted octanol–water partition coefficient (Wildman–Crippen LogP) is 5.58. The van der Waals surface area contributed by atoms with Gasteiger partial charge in [0.05, 0.1) is 7.11 Å². The quantitative estimate of drug-likeness (QED) is 0.379. The van der Waals surface area contributed by atoms with Crippen LogP contribution in [0.1, 0.15) is 46.9 Å². The van der Waals surface area contributed by atoms with Crippen LogP contribution in [-0.4, -0.2) is 37.0 Å². The number of aryl methyl sites for hydroxylation is 1. The minimum atomic E-state index is -0.624. The molecule has 0 bridgehead atoms. The maximum Gasteiger partial charge on any atom is 0.315 e. The topological polar surface area (TPSA) is 64.6 Å². The molecule has 0 saturated heterocycles. The number of carbonyl (C=O) groups excluding carboxylic acids is 2. The van der Waals surface area contributed by atoms with E-state index in [-0.39, 0.29) is 23.6 Å². The van der Waals surface area contributed by atoms with Crippen molar-refractivity contribution in [3.63, 3.8) is 0 Å². The number of hydrogen-bond acceptors (Lipinski definition) is 7. The summed E-state index contributed by atoms with van der Waals surface area (Å²) < 4.78 is 11.0. The maximum atomic E-state index is 13.6. The Morgan fingerprint density at radius 2 is 2.09 bits per heavy atom. The number of ether oxygens (including phenoxy) is 2. The molecule has 0 radical (unpaired) electrons.